The summed E-state index contributed by atoms with van der Waals surface area (Å²) in [7, 11) is 0. The van der Waals surface area contributed by atoms with Crippen molar-refractivity contribution in [3.05, 3.63) is 17.5 Å². The van der Waals surface area contributed by atoms with Gasteiger partial charge in [0.2, 0.25) is 0 Å². The van der Waals surface area contributed by atoms with E-state index in [1.54, 1.807) is 0 Å². The molecular weight excluding hydrogens is 166 g/mol. The number of rotatable bonds is 1. The van der Waals surface area contributed by atoms with E-state index in [1.807, 2.05) is 0 Å². The minimum absolute atomic E-state index is 0.0715. The molecule has 0 spiro atoms. The molecule has 12 heavy (non-hydrogen) atoms. The van der Waals surface area contributed by atoms with Gasteiger partial charge in [0, 0.05) is 0 Å². The van der Waals surface area contributed by atoms with Gasteiger partial charge in [0.25, 0.3) is 6.43 Å². The zero-order valence-electron chi connectivity index (χ0n) is 6.38. The second kappa shape index (κ2) is 2.92. The van der Waals surface area contributed by atoms with E-state index in [9.17, 15) is 8.78 Å². The number of hydrogen-bond donors (Lipinski definition) is 2. The zero-order valence-corrected chi connectivity index (χ0v) is 6.38. The molecule has 0 radical (unpaired) electrons. The van der Waals surface area contributed by atoms with Crippen LogP contribution >= 0.6 is 0 Å². The Labute approximate surface area is 67.8 Å². The Morgan fingerprint density at radius 1 is 1.58 bits per heavy atom. The van der Waals surface area contributed by atoms with Crippen molar-refractivity contribution in [2.24, 2.45) is 0 Å². The van der Waals surface area contributed by atoms with Crippen molar-refractivity contribution in [1.82, 2.24) is 4.98 Å². The van der Waals surface area contributed by atoms with Crippen LogP contribution in [0.25, 0.3) is 0 Å². The lowest BCUT2D eigenvalue weighted by Gasteiger charge is -2.05. The van der Waals surface area contributed by atoms with Crippen molar-refractivity contribution in [3.63, 3.8) is 0 Å². The molecule has 0 aliphatic carbocycles. The number of hydrogen-bond acceptors (Lipinski definition) is 3. The van der Waals surface area contributed by atoms with Crippen molar-refractivity contribution in [1.29, 1.82) is 0 Å². The third-order valence-electron chi connectivity index (χ3n) is 1.44. The number of nitrogens with zero attached hydrogens (tertiary/aromatic N) is 1. The van der Waals surface area contributed by atoms with E-state index in [-0.39, 0.29) is 17.1 Å². The molecule has 1 heterocycles. The van der Waals surface area contributed by atoms with Crippen molar-refractivity contribution >= 4 is 5.69 Å². The number of pyridine rings is 1. The average molecular weight is 174 g/mol. The smallest absolute Gasteiger partial charge is 0.280 e. The highest BCUT2D eigenvalue weighted by molar-refractivity contribution is 5.54. The molecule has 0 aromatic carbocycles. The monoisotopic (exact) mass is 174 g/mol. The van der Waals surface area contributed by atoms with Gasteiger partial charge in [0.05, 0.1) is 11.4 Å². The fourth-order valence-electron chi connectivity index (χ4n) is 0.827. The molecule has 3 nitrogen and oxygen atoms in total. The number of nitrogen functional groups attached to an aromatic ring is 1. The quantitative estimate of drug-likeness (QED) is 0.680. The van der Waals surface area contributed by atoms with E-state index >= 15 is 0 Å². The minimum atomic E-state index is -2.66. The lowest BCUT2D eigenvalue weighted by atomic mass is 10.2. The second-order valence-electron chi connectivity index (χ2n) is 2.37. The molecule has 0 aliphatic heterocycles. The first-order valence-corrected chi connectivity index (χ1v) is 3.26. The molecule has 0 fully saturated rings. The standard InChI is InChI=1S/C7H8F2N2O/c1-3-6(12)4(10)2-5(11-3)7(8)9/h2,7,12H,1H3,(H2,10,11). The molecule has 1 aromatic heterocycles. The van der Waals surface area contributed by atoms with Crippen LogP contribution in [0.5, 0.6) is 5.75 Å². The molecule has 0 unspecified atom stereocenters. The average Bonchev–Trinajstić information content (AvgIpc) is 1.99. The van der Waals surface area contributed by atoms with Crippen LogP contribution in [-0.2, 0) is 0 Å². The van der Waals surface area contributed by atoms with Gasteiger partial charge < -0.3 is 10.8 Å². The Kier molecular flexibility index (Phi) is 2.12. The number of aryl methyl sites for hydroxylation is 1. The van der Waals surface area contributed by atoms with Crippen LogP contribution in [-0.4, -0.2) is 10.1 Å². The van der Waals surface area contributed by atoms with Crippen molar-refractivity contribution in [2.75, 3.05) is 5.73 Å². The molecule has 0 saturated heterocycles. The Bertz CT molecular complexity index is 278. The molecule has 1 rings (SSSR count). The minimum Gasteiger partial charge on any atom is -0.504 e. The highest BCUT2D eigenvalue weighted by Gasteiger charge is 2.12. The first kappa shape index (κ1) is 8.70. The van der Waals surface area contributed by atoms with E-state index in [4.69, 9.17) is 10.8 Å². The Morgan fingerprint density at radius 2 is 2.17 bits per heavy atom. The number of nitrogens with two attached hydrogens (primary N) is 1. The molecule has 0 atom stereocenters. The molecule has 0 aliphatic rings. The predicted octanol–water partition coefficient (Wildman–Crippen LogP) is 1.62. The van der Waals surface area contributed by atoms with Gasteiger partial charge in [0.15, 0.2) is 5.75 Å². The normalized spacial score (nSPS) is 10.7. The summed E-state index contributed by atoms with van der Waals surface area (Å²) >= 11 is 0. The largest absolute Gasteiger partial charge is 0.504 e. The van der Waals surface area contributed by atoms with Crippen molar-refractivity contribution in [2.45, 2.75) is 13.3 Å². The van der Waals surface area contributed by atoms with Crippen LogP contribution in [0.2, 0.25) is 0 Å². The van der Waals surface area contributed by atoms with E-state index < -0.39 is 12.1 Å². The van der Waals surface area contributed by atoms with Crippen molar-refractivity contribution < 1.29 is 13.9 Å². The van der Waals surface area contributed by atoms with Gasteiger partial charge >= 0.3 is 0 Å². The molecule has 5 heteroatoms. The molecule has 1 aromatic rings. The van der Waals surface area contributed by atoms with Gasteiger partial charge in [-0.2, -0.15) is 0 Å². The first-order valence-electron chi connectivity index (χ1n) is 3.26. The fraction of sp³-hybridized carbons (Fsp3) is 0.286. The third-order valence-corrected chi connectivity index (χ3v) is 1.44. The van der Waals surface area contributed by atoms with Gasteiger partial charge in [-0.1, -0.05) is 0 Å². The summed E-state index contributed by atoms with van der Waals surface area (Å²) in [6, 6.07) is 0.965. The van der Waals surface area contributed by atoms with Crippen LogP contribution in [0.3, 0.4) is 0 Å². The van der Waals surface area contributed by atoms with Crippen LogP contribution < -0.4 is 5.73 Å². The van der Waals surface area contributed by atoms with Gasteiger partial charge in [-0.15, -0.1) is 0 Å². The second-order valence-corrected chi connectivity index (χ2v) is 2.37. The molecule has 0 saturated carbocycles. The number of anilines is 1. The summed E-state index contributed by atoms with van der Waals surface area (Å²) in [4.78, 5) is 3.45. The summed E-state index contributed by atoms with van der Waals surface area (Å²) in [6.45, 7) is 1.41. The van der Waals surface area contributed by atoms with Crippen LogP contribution in [0.15, 0.2) is 6.07 Å². The Balaban J connectivity index is 3.21. The van der Waals surface area contributed by atoms with Crippen LogP contribution in [0, 0.1) is 6.92 Å². The molecular formula is C7H8F2N2O. The van der Waals surface area contributed by atoms with Crippen LogP contribution in [0.1, 0.15) is 17.8 Å². The summed E-state index contributed by atoms with van der Waals surface area (Å²) in [5.41, 5.74) is 4.87. The number of halogens is 2. The highest BCUT2D eigenvalue weighted by atomic mass is 19.3. The molecule has 3 N–H and O–H groups in total. The van der Waals surface area contributed by atoms with E-state index in [1.165, 1.54) is 6.92 Å². The summed E-state index contributed by atoms with van der Waals surface area (Å²) in [6.07, 6.45) is -2.66. The van der Waals surface area contributed by atoms with E-state index in [0.717, 1.165) is 6.07 Å². The Morgan fingerprint density at radius 3 is 2.58 bits per heavy atom. The SMILES string of the molecule is Cc1nc(C(F)F)cc(N)c1O. The van der Waals surface area contributed by atoms with E-state index in [0.29, 0.717) is 0 Å². The lowest BCUT2D eigenvalue weighted by molar-refractivity contribution is 0.146. The zero-order chi connectivity index (χ0) is 9.30. The summed E-state index contributed by atoms with van der Waals surface area (Å²) in [5.74, 6) is -0.237. The third kappa shape index (κ3) is 1.44. The topological polar surface area (TPSA) is 59.1 Å². The summed E-state index contributed by atoms with van der Waals surface area (Å²) < 4.78 is 24.1. The number of aromatic nitrogens is 1. The molecule has 0 amide bonds. The number of aromatic hydroxyl groups is 1. The molecule has 66 valence electrons. The number of alkyl halides is 2. The highest BCUT2D eigenvalue weighted by Crippen LogP contribution is 2.27. The van der Waals surface area contributed by atoms with Gasteiger partial charge in [-0.05, 0) is 13.0 Å². The van der Waals surface area contributed by atoms with Crippen molar-refractivity contribution in [3.8, 4) is 5.75 Å². The van der Waals surface area contributed by atoms with E-state index in [2.05, 4.69) is 4.98 Å². The maximum atomic E-state index is 12.1. The van der Waals surface area contributed by atoms with Gasteiger partial charge in [-0.3, -0.25) is 0 Å². The lowest BCUT2D eigenvalue weighted by Crippen LogP contribution is -1.97. The summed E-state index contributed by atoms with van der Waals surface area (Å²) in [5, 5.41) is 9.08. The maximum Gasteiger partial charge on any atom is 0.280 e. The fourth-order valence-corrected chi connectivity index (χ4v) is 0.827. The van der Waals surface area contributed by atoms with Gasteiger partial charge in [-0.25, -0.2) is 13.8 Å². The maximum absolute atomic E-state index is 12.1. The molecule has 0 bridgehead atoms. The predicted molar refractivity (Wildman–Crippen MR) is 40.0 cm³/mol. The van der Waals surface area contributed by atoms with Gasteiger partial charge in [0.1, 0.15) is 5.69 Å². The first-order chi connectivity index (χ1) is 5.52. The Hall–Kier alpha value is -1.39. The van der Waals surface area contributed by atoms with Crippen LogP contribution in [0.4, 0.5) is 14.5 Å².